The standard InChI is InChI=1S/C20H21N3O2S2/c1-11(18(24)23-14-8-4-5-9-15(14)25-3)26-19-17-13-7-6-10-16(13)27-20(17)22-12(2)21-19/h4-5,8-9,11H,6-7,10H2,1-3H3,(H,23,24)/t11-/m1/s1. The van der Waals surface area contributed by atoms with E-state index in [1.165, 1.54) is 28.6 Å². The SMILES string of the molecule is COc1ccccc1NC(=O)[C@@H](C)Sc1nc(C)nc2sc3c(c12)CCC3. The van der Waals surface area contributed by atoms with Gasteiger partial charge in [-0.1, -0.05) is 23.9 Å². The molecule has 3 aromatic rings. The maximum atomic E-state index is 12.7. The predicted molar refractivity (Wildman–Crippen MR) is 111 cm³/mol. The maximum Gasteiger partial charge on any atom is 0.237 e. The average molecular weight is 400 g/mol. The highest BCUT2D eigenvalue weighted by Crippen LogP contribution is 2.41. The number of nitrogens with zero attached hydrogens (tertiary/aromatic N) is 2. The molecule has 1 aliphatic carbocycles. The molecule has 1 aromatic carbocycles. The molecule has 1 aliphatic rings. The molecular weight excluding hydrogens is 378 g/mol. The van der Waals surface area contributed by atoms with Crippen molar-refractivity contribution in [2.75, 3.05) is 12.4 Å². The van der Waals surface area contributed by atoms with E-state index in [2.05, 4.69) is 15.3 Å². The van der Waals surface area contributed by atoms with Crippen LogP contribution in [0.2, 0.25) is 0 Å². The van der Waals surface area contributed by atoms with Crippen LogP contribution in [0.15, 0.2) is 29.3 Å². The van der Waals surface area contributed by atoms with E-state index in [1.54, 1.807) is 18.4 Å². The van der Waals surface area contributed by atoms with E-state index < -0.39 is 0 Å². The third-order valence-electron chi connectivity index (χ3n) is 4.67. The summed E-state index contributed by atoms with van der Waals surface area (Å²) in [7, 11) is 1.60. The number of benzene rings is 1. The highest BCUT2D eigenvalue weighted by molar-refractivity contribution is 8.00. The van der Waals surface area contributed by atoms with E-state index in [-0.39, 0.29) is 11.2 Å². The summed E-state index contributed by atoms with van der Waals surface area (Å²) in [4.78, 5) is 24.5. The van der Waals surface area contributed by atoms with Crippen molar-refractivity contribution in [2.24, 2.45) is 0 Å². The molecule has 0 saturated heterocycles. The van der Waals surface area contributed by atoms with Crippen LogP contribution in [0.25, 0.3) is 10.2 Å². The van der Waals surface area contributed by atoms with Crippen molar-refractivity contribution in [3.05, 3.63) is 40.5 Å². The molecule has 5 nitrogen and oxygen atoms in total. The topological polar surface area (TPSA) is 64.1 Å². The van der Waals surface area contributed by atoms with Gasteiger partial charge in [-0.3, -0.25) is 4.79 Å². The molecule has 0 saturated carbocycles. The van der Waals surface area contributed by atoms with E-state index in [1.807, 2.05) is 38.1 Å². The summed E-state index contributed by atoms with van der Waals surface area (Å²) in [5, 5.41) is 4.75. The normalized spacial score (nSPS) is 14.2. The minimum absolute atomic E-state index is 0.0687. The number of rotatable bonds is 5. The summed E-state index contributed by atoms with van der Waals surface area (Å²) < 4.78 is 5.32. The Hall–Kier alpha value is -2.12. The molecule has 140 valence electrons. The number of carbonyl (C=O) groups is 1. The molecule has 1 N–H and O–H groups in total. The van der Waals surface area contributed by atoms with Gasteiger partial charge in [0.05, 0.1) is 18.0 Å². The van der Waals surface area contributed by atoms with Gasteiger partial charge in [0, 0.05) is 10.3 Å². The lowest BCUT2D eigenvalue weighted by atomic mass is 10.2. The first-order chi connectivity index (χ1) is 13.1. The quantitative estimate of drug-likeness (QED) is 0.501. The first-order valence-electron chi connectivity index (χ1n) is 8.96. The number of thiophene rings is 1. The first kappa shape index (κ1) is 18.3. The summed E-state index contributed by atoms with van der Waals surface area (Å²) in [6.45, 7) is 3.82. The summed E-state index contributed by atoms with van der Waals surface area (Å²) >= 11 is 3.28. The maximum absolute atomic E-state index is 12.7. The zero-order valence-electron chi connectivity index (χ0n) is 15.5. The molecule has 27 heavy (non-hydrogen) atoms. The largest absolute Gasteiger partial charge is 0.495 e. The van der Waals surface area contributed by atoms with Gasteiger partial charge >= 0.3 is 0 Å². The van der Waals surface area contributed by atoms with Crippen molar-refractivity contribution in [2.45, 2.75) is 43.4 Å². The van der Waals surface area contributed by atoms with Gasteiger partial charge < -0.3 is 10.1 Å². The van der Waals surface area contributed by atoms with Crippen LogP contribution in [0.4, 0.5) is 5.69 Å². The van der Waals surface area contributed by atoms with Gasteiger partial charge in [0.2, 0.25) is 5.91 Å². The summed E-state index contributed by atoms with van der Waals surface area (Å²) in [6.07, 6.45) is 3.40. The third-order valence-corrected chi connectivity index (χ3v) is 6.94. The molecule has 0 radical (unpaired) electrons. The van der Waals surface area contributed by atoms with Crippen LogP contribution in [-0.4, -0.2) is 28.2 Å². The lowest BCUT2D eigenvalue weighted by molar-refractivity contribution is -0.115. The summed E-state index contributed by atoms with van der Waals surface area (Å²) in [5.41, 5.74) is 2.06. The fourth-order valence-electron chi connectivity index (χ4n) is 3.35. The van der Waals surface area contributed by atoms with Crippen LogP contribution in [0.1, 0.15) is 29.6 Å². The molecule has 0 aliphatic heterocycles. The number of aryl methyl sites for hydroxylation is 3. The Morgan fingerprint density at radius 1 is 1.30 bits per heavy atom. The number of thioether (sulfide) groups is 1. The Bertz CT molecular complexity index is 1020. The minimum Gasteiger partial charge on any atom is -0.495 e. The zero-order valence-corrected chi connectivity index (χ0v) is 17.2. The second-order valence-corrected chi connectivity index (χ2v) is 8.98. The molecule has 7 heteroatoms. The Kier molecular flexibility index (Phi) is 5.06. The molecular formula is C20H21N3O2S2. The number of anilines is 1. The number of ether oxygens (including phenoxy) is 1. The van der Waals surface area contributed by atoms with Crippen molar-refractivity contribution < 1.29 is 9.53 Å². The minimum atomic E-state index is -0.288. The molecule has 1 atom stereocenters. The van der Waals surface area contributed by atoms with Crippen molar-refractivity contribution >= 4 is 44.9 Å². The van der Waals surface area contributed by atoms with E-state index in [9.17, 15) is 4.79 Å². The second kappa shape index (κ2) is 7.48. The van der Waals surface area contributed by atoms with Gasteiger partial charge in [-0.15, -0.1) is 11.3 Å². The van der Waals surface area contributed by atoms with Gasteiger partial charge in [-0.2, -0.15) is 0 Å². The Morgan fingerprint density at radius 3 is 2.93 bits per heavy atom. The van der Waals surface area contributed by atoms with Crippen LogP contribution >= 0.6 is 23.1 Å². The lowest BCUT2D eigenvalue weighted by Gasteiger charge is -2.14. The molecule has 2 heterocycles. The van der Waals surface area contributed by atoms with E-state index >= 15 is 0 Å². The molecule has 0 unspecified atom stereocenters. The van der Waals surface area contributed by atoms with Crippen LogP contribution in [0.3, 0.4) is 0 Å². The highest BCUT2D eigenvalue weighted by Gasteiger charge is 2.24. The fourth-order valence-corrected chi connectivity index (χ4v) is 5.75. The van der Waals surface area contributed by atoms with E-state index in [4.69, 9.17) is 4.74 Å². The van der Waals surface area contributed by atoms with Gasteiger partial charge in [-0.05, 0) is 50.8 Å². The van der Waals surface area contributed by atoms with Crippen molar-refractivity contribution in [1.29, 1.82) is 0 Å². The predicted octanol–water partition coefficient (Wildman–Crippen LogP) is 4.62. The van der Waals surface area contributed by atoms with E-state index in [0.29, 0.717) is 11.4 Å². The highest BCUT2D eigenvalue weighted by atomic mass is 32.2. The van der Waals surface area contributed by atoms with Gasteiger partial charge in [0.25, 0.3) is 0 Å². The van der Waals surface area contributed by atoms with Crippen LogP contribution in [0.5, 0.6) is 5.75 Å². The molecule has 0 fully saturated rings. The second-order valence-electron chi connectivity index (χ2n) is 6.56. The third kappa shape index (κ3) is 3.53. The van der Waals surface area contributed by atoms with Crippen molar-refractivity contribution in [3.8, 4) is 5.75 Å². The van der Waals surface area contributed by atoms with Gasteiger partial charge in [0.1, 0.15) is 21.4 Å². The van der Waals surface area contributed by atoms with Gasteiger partial charge in [-0.25, -0.2) is 9.97 Å². The van der Waals surface area contributed by atoms with Gasteiger partial charge in [0.15, 0.2) is 0 Å². The number of nitrogens with one attached hydrogen (secondary N) is 1. The average Bonchev–Trinajstić information content (AvgIpc) is 3.22. The summed E-state index contributed by atoms with van der Waals surface area (Å²) in [6, 6.07) is 7.43. The smallest absolute Gasteiger partial charge is 0.237 e. The fraction of sp³-hybridized carbons (Fsp3) is 0.350. The number of hydrogen-bond acceptors (Lipinski definition) is 6. The molecule has 1 amide bonds. The first-order valence-corrected chi connectivity index (χ1v) is 10.7. The summed E-state index contributed by atoms with van der Waals surface area (Å²) in [5.74, 6) is 1.34. The van der Waals surface area contributed by atoms with Crippen LogP contribution < -0.4 is 10.1 Å². The number of amides is 1. The number of hydrogen-bond donors (Lipinski definition) is 1. The van der Waals surface area contributed by atoms with Crippen LogP contribution in [0, 0.1) is 6.92 Å². The number of carbonyl (C=O) groups excluding carboxylic acids is 1. The monoisotopic (exact) mass is 399 g/mol. The van der Waals surface area contributed by atoms with Crippen molar-refractivity contribution in [1.82, 2.24) is 9.97 Å². The number of methoxy groups -OCH3 is 1. The Balaban J connectivity index is 1.59. The Labute approximate surface area is 166 Å². The lowest BCUT2D eigenvalue weighted by Crippen LogP contribution is -2.23. The zero-order chi connectivity index (χ0) is 19.0. The molecule has 4 rings (SSSR count). The molecule has 0 spiro atoms. The number of aromatic nitrogens is 2. The van der Waals surface area contributed by atoms with E-state index in [0.717, 1.165) is 33.9 Å². The number of fused-ring (bicyclic) bond motifs is 3. The molecule has 2 aromatic heterocycles. The molecule has 0 bridgehead atoms. The van der Waals surface area contributed by atoms with Crippen LogP contribution in [-0.2, 0) is 17.6 Å². The van der Waals surface area contributed by atoms with Crippen molar-refractivity contribution in [3.63, 3.8) is 0 Å². The Morgan fingerprint density at radius 2 is 2.11 bits per heavy atom. The number of para-hydroxylation sites is 2.